The summed E-state index contributed by atoms with van der Waals surface area (Å²) in [6.45, 7) is 9.71. The first-order valence-corrected chi connectivity index (χ1v) is 5.35. The molecule has 0 spiro atoms. The Balaban J connectivity index is 2.61. The summed E-state index contributed by atoms with van der Waals surface area (Å²) in [6.07, 6.45) is 3.43. The van der Waals surface area contributed by atoms with E-state index in [1.54, 1.807) is 0 Å². The Bertz CT molecular complexity index is 232. The number of hydrogen-bond acceptors (Lipinski definition) is 2. The van der Waals surface area contributed by atoms with Crippen molar-refractivity contribution in [2.45, 2.75) is 46.1 Å². The molecule has 1 aliphatic carbocycles. The van der Waals surface area contributed by atoms with Crippen LogP contribution >= 0.6 is 0 Å². The van der Waals surface area contributed by atoms with E-state index >= 15 is 0 Å². The van der Waals surface area contributed by atoms with Gasteiger partial charge >= 0.3 is 5.97 Å². The molecule has 80 valence electrons. The molecule has 0 saturated heterocycles. The van der Waals surface area contributed by atoms with Crippen LogP contribution in [0.3, 0.4) is 0 Å². The van der Waals surface area contributed by atoms with E-state index < -0.39 is 0 Å². The molecule has 1 aliphatic rings. The van der Waals surface area contributed by atoms with Gasteiger partial charge in [0.1, 0.15) is 6.10 Å². The third-order valence-electron chi connectivity index (χ3n) is 3.18. The number of esters is 1. The monoisotopic (exact) mass is 196 g/mol. The van der Waals surface area contributed by atoms with Crippen LogP contribution in [0, 0.1) is 11.8 Å². The third kappa shape index (κ3) is 2.60. The van der Waals surface area contributed by atoms with Crippen LogP contribution in [-0.2, 0) is 9.53 Å². The van der Waals surface area contributed by atoms with Gasteiger partial charge in [0.05, 0.1) is 0 Å². The Morgan fingerprint density at radius 3 is 2.50 bits per heavy atom. The van der Waals surface area contributed by atoms with Crippen LogP contribution in [0.2, 0.25) is 0 Å². The minimum atomic E-state index is -0.163. The molecule has 0 aromatic heterocycles. The molecule has 0 aromatic rings. The first-order valence-electron chi connectivity index (χ1n) is 5.35. The molecule has 1 saturated carbocycles. The molecule has 2 nitrogen and oxygen atoms in total. The summed E-state index contributed by atoms with van der Waals surface area (Å²) in [5.41, 5.74) is 1.22. The average Bonchev–Trinajstić information content (AvgIpc) is 2.07. The van der Waals surface area contributed by atoms with Crippen LogP contribution < -0.4 is 0 Å². The minimum absolute atomic E-state index is 0.1000. The molecule has 2 heteroatoms. The van der Waals surface area contributed by atoms with Crippen LogP contribution in [0.15, 0.2) is 12.2 Å². The Morgan fingerprint density at radius 2 is 2.00 bits per heavy atom. The molecule has 1 fully saturated rings. The fourth-order valence-electron chi connectivity index (χ4n) is 2.40. The van der Waals surface area contributed by atoms with E-state index in [1.807, 2.05) is 0 Å². The van der Waals surface area contributed by atoms with Crippen LogP contribution in [0.4, 0.5) is 0 Å². The van der Waals surface area contributed by atoms with Crippen molar-refractivity contribution >= 4 is 5.97 Å². The summed E-state index contributed by atoms with van der Waals surface area (Å²) in [6, 6.07) is 0. The van der Waals surface area contributed by atoms with Crippen molar-refractivity contribution < 1.29 is 9.53 Å². The lowest BCUT2D eigenvalue weighted by Crippen LogP contribution is -2.34. The largest absolute Gasteiger partial charge is 0.462 e. The number of allylic oxidation sites excluding steroid dienone is 1. The van der Waals surface area contributed by atoms with Gasteiger partial charge in [0.15, 0.2) is 0 Å². The molecule has 0 heterocycles. The fourth-order valence-corrected chi connectivity index (χ4v) is 2.40. The molecular weight excluding hydrogens is 176 g/mol. The lowest BCUT2D eigenvalue weighted by atomic mass is 9.75. The third-order valence-corrected chi connectivity index (χ3v) is 3.18. The van der Waals surface area contributed by atoms with E-state index in [2.05, 4.69) is 20.4 Å². The van der Waals surface area contributed by atoms with Gasteiger partial charge in [0.25, 0.3) is 0 Å². The van der Waals surface area contributed by atoms with Gasteiger partial charge in [-0.2, -0.15) is 0 Å². The molecule has 0 unspecified atom stereocenters. The molecule has 1 rings (SSSR count). The summed E-state index contributed by atoms with van der Waals surface area (Å²) in [4.78, 5) is 10.9. The second-order valence-electron chi connectivity index (χ2n) is 4.39. The van der Waals surface area contributed by atoms with Crippen molar-refractivity contribution in [3.05, 3.63) is 12.2 Å². The normalized spacial score (nSPS) is 32.4. The summed E-state index contributed by atoms with van der Waals surface area (Å²) in [5, 5.41) is 0. The maximum atomic E-state index is 10.9. The zero-order valence-electron chi connectivity index (χ0n) is 9.38. The molecular formula is C12H20O2. The van der Waals surface area contributed by atoms with Crippen molar-refractivity contribution in [2.75, 3.05) is 0 Å². The summed E-state index contributed by atoms with van der Waals surface area (Å²) >= 11 is 0. The smallest absolute Gasteiger partial charge is 0.302 e. The zero-order chi connectivity index (χ0) is 10.7. The van der Waals surface area contributed by atoms with Gasteiger partial charge in [-0.05, 0) is 38.0 Å². The molecule has 0 aliphatic heterocycles. The van der Waals surface area contributed by atoms with Crippen molar-refractivity contribution in [2.24, 2.45) is 11.8 Å². The Kier molecular flexibility index (Phi) is 3.73. The zero-order valence-corrected chi connectivity index (χ0v) is 9.38. The minimum Gasteiger partial charge on any atom is -0.462 e. The summed E-state index contributed by atoms with van der Waals surface area (Å²) < 4.78 is 5.30. The predicted octanol–water partition coefficient (Wildman–Crippen LogP) is 2.93. The van der Waals surface area contributed by atoms with E-state index in [9.17, 15) is 4.79 Å². The first-order chi connectivity index (χ1) is 6.52. The number of hydrogen-bond donors (Lipinski definition) is 0. The van der Waals surface area contributed by atoms with Crippen LogP contribution in [-0.4, -0.2) is 12.1 Å². The van der Waals surface area contributed by atoms with Crippen LogP contribution in [0.5, 0.6) is 0 Å². The van der Waals surface area contributed by atoms with Crippen molar-refractivity contribution in [1.29, 1.82) is 0 Å². The standard InChI is InChI=1S/C12H20O2/c1-8(2)11-6-5-7-12(9(11)3)14-10(4)13/h9,11-12H,1,5-7H2,2-4H3/t9-,11+,12+/m0/s1. The maximum absolute atomic E-state index is 10.9. The van der Waals surface area contributed by atoms with Crippen LogP contribution in [0.1, 0.15) is 40.0 Å². The summed E-state index contributed by atoms with van der Waals surface area (Å²) in [5.74, 6) is 0.780. The van der Waals surface area contributed by atoms with E-state index in [0.29, 0.717) is 11.8 Å². The van der Waals surface area contributed by atoms with Crippen molar-refractivity contribution in [3.8, 4) is 0 Å². The molecule has 3 atom stereocenters. The van der Waals surface area contributed by atoms with E-state index in [0.717, 1.165) is 12.8 Å². The molecule has 0 amide bonds. The maximum Gasteiger partial charge on any atom is 0.302 e. The second kappa shape index (κ2) is 4.63. The topological polar surface area (TPSA) is 26.3 Å². The first kappa shape index (κ1) is 11.3. The molecule has 0 radical (unpaired) electrons. The fraction of sp³-hybridized carbons (Fsp3) is 0.750. The lowest BCUT2D eigenvalue weighted by Gasteiger charge is -2.35. The number of carbonyl (C=O) groups is 1. The van der Waals surface area contributed by atoms with Gasteiger partial charge in [-0.3, -0.25) is 4.79 Å². The van der Waals surface area contributed by atoms with Gasteiger partial charge in [0.2, 0.25) is 0 Å². The average molecular weight is 196 g/mol. The molecule has 0 N–H and O–H groups in total. The molecule has 14 heavy (non-hydrogen) atoms. The van der Waals surface area contributed by atoms with E-state index in [4.69, 9.17) is 4.74 Å². The van der Waals surface area contributed by atoms with Crippen molar-refractivity contribution in [3.63, 3.8) is 0 Å². The molecule has 0 bridgehead atoms. The quantitative estimate of drug-likeness (QED) is 0.501. The van der Waals surface area contributed by atoms with Gasteiger partial charge in [-0.15, -0.1) is 0 Å². The Labute approximate surface area is 86.3 Å². The van der Waals surface area contributed by atoms with E-state index in [-0.39, 0.29) is 12.1 Å². The highest BCUT2D eigenvalue weighted by atomic mass is 16.5. The van der Waals surface area contributed by atoms with Crippen molar-refractivity contribution in [1.82, 2.24) is 0 Å². The number of carbonyl (C=O) groups excluding carboxylic acids is 1. The van der Waals surface area contributed by atoms with Gasteiger partial charge in [0, 0.05) is 6.92 Å². The molecule has 0 aromatic carbocycles. The number of rotatable bonds is 2. The highest BCUT2D eigenvalue weighted by Gasteiger charge is 2.31. The second-order valence-corrected chi connectivity index (χ2v) is 4.39. The Morgan fingerprint density at radius 1 is 1.36 bits per heavy atom. The van der Waals surface area contributed by atoms with Gasteiger partial charge in [-0.25, -0.2) is 0 Å². The Hall–Kier alpha value is -0.790. The lowest BCUT2D eigenvalue weighted by molar-refractivity contribution is -0.151. The van der Waals surface area contributed by atoms with Gasteiger partial charge in [-0.1, -0.05) is 19.1 Å². The van der Waals surface area contributed by atoms with Gasteiger partial charge < -0.3 is 4.74 Å². The highest BCUT2D eigenvalue weighted by Crippen LogP contribution is 2.35. The van der Waals surface area contributed by atoms with Crippen LogP contribution in [0.25, 0.3) is 0 Å². The number of ether oxygens (including phenoxy) is 1. The van der Waals surface area contributed by atoms with E-state index in [1.165, 1.54) is 18.9 Å². The highest BCUT2D eigenvalue weighted by molar-refractivity contribution is 5.66. The SMILES string of the molecule is C=C(C)[C@H]1CCC[C@@H](OC(C)=O)[C@H]1C. The predicted molar refractivity (Wildman–Crippen MR) is 56.9 cm³/mol. The summed E-state index contributed by atoms with van der Waals surface area (Å²) in [7, 11) is 0.